The number of pyridine rings is 2. The van der Waals surface area contributed by atoms with E-state index in [1.54, 1.807) is 29.8 Å². The second-order valence-corrected chi connectivity index (χ2v) is 9.96. The van der Waals surface area contributed by atoms with E-state index in [1.165, 1.54) is 29.7 Å². The third-order valence-corrected chi connectivity index (χ3v) is 7.12. The van der Waals surface area contributed by atoms with Crippen molar-refractivity contribution >= 4 is 28.6 Å². The lowest BCUT2D eigenvalue weighted by Crippen LogP contribution is -2.34. The second kappa shape index (κ2) is 11.2. The highest BCUT2D eigenvalue weighted by molar-refractivity contribution is 5.94. The lowest BCUT2D eigenvalue weighted by Gasteiger charge is -2.26. The monoisotopic (exact) mass is 492 g/mol. The van der Waals surface area contributed by atoms with Gasteiger partial charge < -0.3 is 9.30 Å². The Bertz CT molecular complexity index is 1390. The molecule has 8 nitrogen and oxygen atoms in total. The summed E-state index contributed by atoms with van der Waals surface area (Å²) in [6.07, 6.45) is 8.96. The molecule has 36 heavy (non-hydrogen) atoms. The van der Waals surface area contributed by atoms with E-state index >= 15 is 0 Å². The van der Waals surface area contributed by atoms with Crippen LogP contribution < -0.4 is 11.0 Å². The summed E-state index contributed by atoms with van der Waals surface area (Å²) in [6.45, 7) is 7.94. The molecule has 8 heteroatoms. The normalized spacial score (nSPS) is 18.8. The lowest BCUT2D eigenvalue weighted by molar-refractivity contribution is -0.123. The first-order valence-corrected chi connectivity index (χ1v) is 13.2. The molecule has 0 radical (unpaired) electrons. The minimum atomic E-state index is -0.610. The molecule has 192 valence electrons. The Morgan fingerprint density at radius 1 is 1.17 bits per heavy atom. The fraction of sp³-hybridized carbons (Fsp3) is 0.536. The van der Waals surface area contributed by atoms with Gasteiger partial charge in [0.1, 0.15) is 16.9 Å². The van der Waals surface area contributed by atoms with Crippen LogP contribution in [0, 0.1) is 11.8 Å². The van der Waals surface area contributed by atoms with Crippen LogP contribution in [0.1, 0.15) is 89.0 Å². The maximum atomic E-state index is 13.4. The van der Waals surface area contributed by atoms with Gasteiger partial charge in [-0.3, -0.25) is 14.0 Å². The maximum Gasteiger partial charge on any atom is 0.341 e. The van der Waals surface area contributed by atoms with Crippen molar-refractivity contribution in [2.75, 3.05) is 6.61 Å². The van der Waals surface area contributed by atoms with Crippen LogP contribution in [-0.2, 0) is 9.53 Å². The number of amides is 1. The van der Waals surface area contributed by atoms with E-state index in [4.69, 9.17) is 9.72 Å². The van der Waals surface area contributed by atoms with Gasteiger partial charge in [0.25, 0.3) is 11.5 Å². The average Bonchev–Trinajstić information content (AvgIpc) is 2.87. The predicted octanol–water partition coefficient (Wildman–Crippen LogP) is 4.83. The summed E-state index contributed by atoms with van der Waals surface area (Å²) >= 11 is 0. The number of carbonyl (C=O) groups excluding carboxylic acids is 2. The van der Waals surface area contributed by atoms with E-state index in [2.05, 4.69) is 11.9 Å². The summed E-state index contributed by atoms with van der Waals surface area (Å²) < 4.78 is 8.47. The van der Waals surface area contributed by atoms with Crippen molar-refractivity contribution in [2.24, 2.45) is 16.8 Å². The summed E-state index contributed by atoms with van der Waals surface area (Å²) in [5.41, 5.74) is 0.901. The first kappa shape index (κ1) is 25.8. The lowest BCUT2D eigenvalue weighted by atomic mass is 9.79. The van der Waals surface area contributed by atoms with Crippen molar-refractivity contribution in [3.05, 3.63) is 51.9 Å². The van der Waals surface area contributed by atoms with Gasteiger partial charge in [-0.15, -0.1) is 0 Å². The molecule has 0 saturated heterocycles. The quantitative estimate of drug-likeness (QED) is 0.348. The van der Waals surface area contributed by atoms with E-state index in [9.17, 15) is 14.4 Å². The number of aromatic nitrogens is 3. The van der Waals surface area contributed by atoms with Gasteiger partial charge in [-0.25, -0.2) is 9.78 Å². The third-order valence-electron chi connectivity index (χ3n) is 7.12. The predicted molar refractivity (Wildman–Crippen MR) is 139 cm³/mol. The summed E-state index contributed by atoms with van der Waals surface area (Å²) in [4.78, 5) is 49.0. The smallest absolute Gasteiger partial charge is 0.341 e. The van der Waals surface area contributed by atoms with Crippen molar-refractivity contribution in [1.82, 2.24) is 14.0 Å². The van der Waals surface area contributed by atoms with Gasteiger partial charge in [-0.05, 0) is 70.6 Å². The number of ether oxygens (including phenoxy) is 1. The van der Waals surface area contributed by atoms with Gasteiger partial charge in [0.15, 0.2) is 5.49 Å². The molecule has 1 amide bonds. The molecular weight excluding hydrogens is 456 g/mol. The standard InChI is InChI=1S/C28H36N4O4/c1-5-7-10-19-12-14-20(15-13-19)26(33)30-25-22(28(35)36-6-2)17-21-24(32(25)18(3)4)29-23-11-8-9-16-31(23)27(21)34/h8-9,11,16-20H,5-7,10,12-15H2,1-4H3. The molecule has 1 saturated carbocycles. The van der Waals surface area contributed by atoms with Crippen LogP contribution in [0.15, 0.2) is 40.2 Å². The summed E-state index contributed by atoms with van der Waals surface area (Å²) in [5, 5.41) is 0.276. The van der Waals surface area contributed by atoms with E-state index in [1.807, 2.05) is 19.9 Å². The van der Waals surface area contributed by atoms with Gasteiger partial charge in [-0.2, -0.15) is 4.99 Å². The molecule has 0 spiro atoms. The molecule has 0 unspecified atom stereocenters. The van der Waals surface area contributed by atoms with Crippen molar-refractivity contribution in [1.29, 1.82) is 0 Å². The fourth-order valence-electron chi connectivity index (χ4n) is 5.19. The molecule has 0 bridgehead atoms. The molecule has 3 aromatic rings. The molecule has 1 fully saturated rings. The Labute approximate surface area is 211 Å². The number of rotatable bonds is 7. The van der Waals surface area contributed by atoms with Crippen LogP contribution in [-0.4, -0.2) is 32.4 Å². The molecule has 0 aliphatic heterocycles. The Hall–Kier alpha value is -3.29. The van der Waals surface area contributed by atoms with Crippen LogP contribution in [0.3, 0.4) is 0 Å². The Balaban J connectivity index is 1.88. The van der Waals surface area contributed by atoms with Crippen LogP contribution in [0.5, 0.6) is 0 Å². The minimum absolute atomic E-state index is 0.109. The van der Waals surface area contributed by atoms with Crippen LogP contribution in [0.2, 0.25) is 0 Å². The van der Waals surface area contributed by atoms with E-state index in [0.29, 0.717) is 17.2 Å². The number of hydrogen-bond donors (Lipinski definition) is 0. The fourth-order valence-corrected chi connectivity index (χ4v) is 5.19. The van der Waals surface area contributed by atoms with Crippen molar-refractivity contribution in [2.45, 2.75) is 78.7 Å². The van der Waals surface area contributed by atoms with Crippen molar-refractivity contribution < 1.29 is 14.3 Å². The average molecular weight is 493 g/mol. The summed E-state index contributed by atoms with van der Waals surface area (Å²) in [7, 11) is 0. The van der Waals surface area contributed by atoms with Crippen LogP contribution in [0.4, 0.5) is 0 Å². The third kappa shape index (κ3) is 5.13. The first-order valence-electron chi connectivity index (χ1n) is 13.2. The second-order valence-electron chi connectivity index (χ2n) is 9.96. The zero-order chi connectivity index (χ0) is 25.8. The van der Waals surface area contributed by atoms with Crippen LogP contribution >= 0.6 is 0 Å². The Kier molecular flexibility index (Phi) is 8.01. The number of fused-ring (bicyclic) bond motifs is 2. The molecule has 3 heterocycles. The van der Waals surface area contributed by atoms with E-state index < -0.39 is 5.97 Å². The van der Waals surface area contributed by atoms with Crippen molar-refractivity contribution in [3.8, 4) is 0 Å². The van der Waals surface area contributed by atoms with Crippen LogP contribution in [0.25, 0.3) is 16.7 Å². The SMILES string of the molecule is CCCCC1CCC(C(=O)N=c2c(C(=O)OCC)cc3c(=O)n4ccccc4nc3n2C(C)C)CC1. The molecular formula is C28H36N4O4. The number of carbonyl (C=O) groups is 2. The highest BCUT2D eigenvalue weighted by Crippen LogP contribution is 2.32. The molecule has 0 aromatic carbocycles. The summed E-state index contributed by atoms with van der Waals surface area (Å²) in [5.74, 6) is -0.317. The zero-order valence-electron chi connectivity index (χ0n) is 21.7. The molecule has 1 aliphatic carbocycles. The van der Waals surface area contributed by atoms with Crippen molar-refractivity contribution in [3.63, 3.8) is 0 Å². The molecule has 0 atom stereocenters. The molecule has 0 N–H and O–H groups in total. The zero-order valence-corrected chi connectivity index (χ0v) is 21.7. The highest BCUT2D eigenvalue weighted by atomic mass is 16.5. The highest BCUT2D eigenvalue weighted by Gasteiger charge is 2.27. The molecule has 1 aliphatic rings. The first-order chi connectivity index (χ1) is 17.3. The van der Waals surface area contributed by atoms with Gasteiger partial charge in [-0.1, -0.05) is 32.3 Å². The van der Waals surface area contributed by atoms with Gasteiger partial charge in [0.2, 0.25) is 0 Å². The number of unbranched alkanes of at least 4 members (excludes halogenated alkanes) is 1. The Morgan fingerprint density at radius 2 is 1.92 bits per heavy atom. The van der Waals surface area contributed by atoms with E-state index in [0.717, 1.165) is 25.7 Å². The minimum Gasteiger partial charge on any atom is -0.462 e. The molecule has 4 rings (SSSR count). The topological polar surface area (TPSA) is 95.0 Å². The van der Waals surface area contributed by atoms with Gasteiger partial charge in [0, 0.05) is 18.2 Å². The largest absolute Gasteiger partial charge is 0.462 e. The van der Waals surface area contributed by atoms with Gasteiger partial charge >= 0.3 is 5.97 Å². The number of nitrogens with zero attached hydrogens (tertiary/aromatic N) is 4. The Morgan fingerprint density at radius 3 is 2.58 bits per heavy atom. The number of esters is 1. The molecule has 3 aromatic heterocycles. The number of hydrogen-bond acceptors (Lipinski definition) is 5. The maximum absolute atomic E-state index is 13.4. The van der Waals surface area contributed by atoms with Gasteiger partial charge in [0.05, 0.1) is 12.0 Å². The van der Waals surface area contributed by atoms with E-state index in [-0.39, 0.29) is 46.5 Å². The summed E-state index contributed by atoms with van der Waals surface area (Å²) in [6, 6.07) is 6.59.